The Kier molecular flexibility index (Phi) is 4.72. The second kappa shape index (κ2) is 5.31. The normalized spacial score (nSPS) is 14.1. The molecule has 0 aromatic carbocycles. The monoisotopic (exact) mass is 319 g/mol. The molecule has 0 amide bonds. The van der Waals surface area contributed by atoms with Crippen LogP contribution in [0, 0.1) is 0 Å². The van der Waals surface area contributed by atoms with Gasteiger partial charge in [0.2, 0.25) is 10.0 Å². The van der Waals surface area contributed by atoms with Gasteiger partial charge in [-0.25, -0.2) is 12.8 Å². The standard InChI is InChI=1S/C13H25NO2S2Si/c1-10(2)11-8-9-12(17-11)18(15,16)14-19(6,7)13(3,4)5/h8-10,14H,1-7H3. The maximum atomic E-state index is 12.5. The summed E-state index contributed by atoms with van der Waals surface area (Å²) in [6, 6.07) is 3.63. The Morgan fingerprint density at radius 2 is 1.74 bits per heavy atom. The third-order valence-electron chi connectivity index (χ3n) is 3.70. The van der Waals surface area contributed by atoms with Crippen LogP contribution in [0.4, 0.5) is 0 Å². The van der Waals surface area contributed by atoms with Crippen LogP contribution in [0.25, 0.3) is 0 Å². The van der Waals surface area contributed by atoms with Crippen LogP contribution in [0.3, 0.4) is 0 Å². The third kappa shape index (κ3) is 3.90. The van der Waals surface area contributed by atoms with Crippen molar-refractivity contribution < 1.29 is 8.42 Å². The fourth-order valence-corrected chi connectivity index (χ4v) is 7.73. The van der Waals surface area contributed by atoms with Crippen LogP contribution in [-0.4, -0.2) is 16.7 Å². The molecule has 0 fully saturated rings. The van der Waals surface area contributed by atoms with Gasteiger partial charge in [-0.05, 0) is 23.1 Å². The van der Waals surface area contributed by atoms with E-state index in [1.165, 1.54) is 11.3 Å². The van der Waals surface area contributed by atoms with Crippen molar-refractivity contribution in [3.05, 3.63) is 17.0 Å². The molecule has 6 heteroatoms. The van der Waals surface area contributed by atoms with Crippen molar-refractivity contribution in [2.24, 2.45) is 0 Å². The lowest BCUT2D eigenvalue weighted by Crippen LogP contribution is -2.54. The number of thiophene rings is 1. The number of hydrogen-bond acceptors (Lipinski definition) is 3. The molecule has 1 N–H and O–H groups in total. The minimum Gasteiger partial charge on any atom is -0.232 e. The predicted octanol–water partition coefficient (Wildman–Crippen LogP) is 4.16. The van der Waals surface area contributed by atoms with E-state index >= 15 is 0 Å². The molecule has 0 radical (unpaired) electrons. The molecule has 0 bridgehead atoms. The van der Waals surface area contributed by atoms with E-state index in [4.69, 9.17) is 0 Å². The minimum atomic E-state index is -3.38. The van der Waals surface area contributed by atoms with E-state index in [9.17, 15) is 8.42 Å². The highest BCUT2D eigenvalue weighted by Crippen LogP contribution is 2.36. The highest BCUT2D eigenvalue weighted by atomic mass is 32.2. The maximum absolute atomic E-state index is 12.5. The smallest absolute Gasteiger partial charge is 0.232 e. The molecule has 0 spiro atoms. The molecule has 0 aliphatic heterocycles. The zero-order chi connectivity index (χ0) is 15.1. The number of sulfonamides is 1. The second-order valence-electron chi connectivity index (χ2n) is 6.79. The van der Waals surface area contributed by atoms with Gasteiger partial charge in [-0.2, -0.15) is 0 Å². The van der Waals surface area contributed by atoms with E-state index in [0.717, 1.165) is 4.88 Å². The van der Waals surface area contributed by atoms with Crippen LogP contribution in [0.1, 0.15) is 45.4 Å². The van der Waals surface area contributed by atoms with E-state index in [-0.39, 0.29) is 5.04 Å². The summed E-state index contributed by atoms with van der Waals surface area (Å²) in [4.78, 5) is 1.11. The Morgan fingerprint density at radius 1 is 1.21 bits per heavy atom. The van der Waals surface area contributed by atoms with Gasteiger partial charge in [0.15, 0.2) is 0 Å². The Bertz CT molecular complexity index is 539. The zero-order valence-corrected chi connectivity index (χ0v) is 15.5. The van der Waals surface area contributed by atoms with Gasteiger partial charge in [-0.15, -0.1) is 11.3 Å². The molecule has 0 aliphatic rings. The molecular formula is C13H25NO2S2Si. The first kappa shape index (κ1) is 16.9. The van der Waals surface area contributed by atoms with Gasteiger partial charge in [0.05, 0.1) is 0 Å². The summed E-state index contributed by atoms with van der Waals surface area (Å²) in [5.74, 6) is 0.363. The molecule has 1 aromatic heterocycles. The lowest BCUT2D eigenvalue weighted by atomic mass is 10.2. The minimum absolute atomic E-state index is 0.0157. The van der Waals surface area contributed by atoms with Crippen molar-refractivity contribution in [2.75, 3.05) is 0 Å². The number of rotatable bonds is 4. The summed E-state index contributed by atoms with van der Waals surface area (Å²) in [5.41, 5.74) is 0. The van der Waals surface area contributed by atoms with Gasteiger partial charge in [-0.1, -0.05) is 47.7 Å². The van der Waals surface area contributed by atoms with Crippen molar-refractivity contribution in [1.82, 2.24) is 4.39 Å². The van der Waals surface area contributed by atoms with Crippen LogP contribution < -0.4 is 4.39 Å². The lowest BCUT2D eigenvalue weighted by molar-refractivity contribution is 0.591. The first-order valence-electron chi connectivity index (χ1n) is 6.50. The summed E-state index contributed by atoms with van der Waals surface area (Å²) in [6.07, 6.45) is 0. The Labute approximate surface area is 122 Å². The molecule has 0 saturated heterocycles. The molecule has 0 unspecified atom stereocenters. The zero-order valence-electron chi connectivity index (χ0n) is 12.9. The molecule has 1 rings (SSSR count). The van der Waals surface area contributed by atoms with Crippen molar-refractivity contribution in [3.8, 4) is 0 Å². The topological polar surface area (TPSA) is 46.2 Å². The summed E-state index contributed by atoms with van der Waals surface area (Å²) in [5, 5.41) is -0.0157. The van der Waals surface area contributed by atoms with Gasteiger partial charge in [0, 0.05) is 4.88 Å². The first-order chi connectivity index (χ1) is 8.37. The molecule has 110 valence electrons. The van der Waals surface area contributed by atoms with E-state index < -0.39 is 18.3 Å². The molecule has 19 heavy (non-hydrogen) atoms. The number of nitrogens with one attached hydrogen (secondary N) is 1. The van der Waals surface area contributed by atoms with Gasteiger partial charge in [0.25, 0.3) is 0 Å². The highest BCUT2D eigenvalue weighted by molar-refractivity contribution is 7.93. The van der Waals surface area contributed by atoms with Crippen molar-refractivity contribution in [1.29, 1.82) is 0 Å². The lowest BCUT2D eigenvalue weighted by Gasteiger charge is -2.36. The molecule has 0 atom stereocenters. The van der Waals surface area contributed by atoms with Crippen LogP contribution in [-0.2, 0) is 10.0 Å². The number of hydrogen-bond donors (Lipinski definition) is 1. The molecular weight excluding hydrogens is 294 g/mol. The summed E-state index contributed by atoms with van der Waals surface area (Å²) >= 11 is 1.37. The van der Waals surface area contributed by atoms with E-state index in [0.29, 0.717) is 10.1 Å². The average Bonchev–Trinajstić information content (AvgIpc) is 2.62. The van der Waals surface area contributed by atoms with Crippen LogP contribution in [0.5, 0.6) is 0 Å². The van der Waals surface area contributed by atoms with Gasteiger partial charge < -0.3 is 0 Å². The third-order valence-corrected chi connectivity index (χ3v) is 13.3. The van der Waals surface area contributed by atoms with Gasteiger partial charge in [-0.3, -0.25) is 0 Å². The van der Waals surface area contributed by atoms with E-state index in [2.05, 4.69) is 52.1 Å². The van der Waals surface area contributed by atoms with E-state index in [1.54, 1.807) is 6.07 Å². The van der Waals surface area contributed by atoms with Crippen LogP contribution >= 0.6 is 11.3 Å². The summed E-state index contributed by atoms with van der Waals surface area (Å²) < 4.78 is 28.3. The second-order valence-corrected chi connectivity index (χ2v) is 15.2. The Morgan fingerprint density at radius 3 is 2.11 bits per heavy atom. The van der Waals surface area contributed by atoms with Crippen molar-refractivity contribution in [2.45, 2.75) is 62.9 Å². The quantitative estimate of drug-likeness (QED) is 0.847. The van der Waals surface area contributed by atoms with Crippen molar-refractivity contribution >= 4 is 29.6 Å². The molecule has 3 nitrogen and oxygen atoms in total. The van der Waals surface area contributed by atoms with E-state index in [1.807, 2.05) is 6.07 Å². The molecule has 0 saturated carbocycles. The fourth-order valence-electron chi connectivity index (χ4n) is 1.33. The first-order valence-corrected chi connectivity index (χ1v) is 11.8. The van der Waals surface area contributed by atoms with Crippen molar-refractivity contribution in [3.63, 3.8) is 0 Å². The Balaban J connectivity index is 3.05. The highest BCUT2D eigenvalue weighted by Gasteiger charge is 2.39. The largest absolute Gasteiger partial charge is 0.244 e. The molecule has 1 aromatic rings. The van der Waals surface area contributed by atoms with Crippen LogP contribution in [0.15, 0.2) is 16.3 Å². The van der Waals surface area contributed by atoms with Gasteiger partial charge in [0.1, 0.15) is 12.4 Å². The van der Waals surface area contributed by atoms with Gasteiger partial charge >= 0.3 is 0 Å². The molecule has 0 aliphatic carbocycles. The summed E-state index contributed by atoms with van der Waals surface area (Å²) in [7, 11) is -5.46. The Hall–Kier alpha value is -0.173. The fraction of sp³-hybridized carbons (Fsp3) is 0.692. The maximum Gasteiger partial charge on any atom is 0.244 e. The SMILES string of the molecule is CC(C)c1ccc(S(=O)(=O)N[Si](C)(C)C(C)(C)C)s1. The predicted molar refractivity (Wildman–Crippen MR) is 85.9 cm³/mol. The van der Waals surface area contributed by atoms with Crippen LogP contribution in [0.2, 0.25) is 18.1 Å². The molecule has 1 heterocycles. The summed E-state index contributed by atoms with van der Waals surface area (Å²) in [6.45, 7) is 14.5. The average molecular weight is 320 g/mol.